The van der Waals surface area contributed by atoms with Gasteiger partial charge >= 0.3 is 0 Å². The summed E-state index contributed by atoms with van der Waals surface area (Å²) in [6.07, 6.45) is 1.09. The number of hydrogen-bond donors (Lipinski definition) is 1. The van der Waals surface area contributed by atoms with E-state index in [1.165, 1.54) is 5.56 Å². The van der Waals surface area contributed by atoms with E-state index in [1.807, 2.05) is 31.3 Å². The minimum Gasteiger partial charge on any atom is -0.374 e. The highest BCUT2D eigenvalue weighted by Gasteiger charge is 2.26. The smallest absolute Gasteiger partial charge is 0.204 e. The Morgan fingerprint density at radius 2 is 2.00 bits per heavy atom. The summed E-state index contributed by atoms with van der Waals surface area (Å²) in [6, 6.07) is 8.10. The Morgan fingerprint density at radius 3 is 2.60 bits per heavy atom. The topological polar surface area (TPSA) is 44.9 Å². The Morgan fingerprint density at radius 1 is 1.35 bits per heavy atom. The van der Waals surface area contributed by atoms with Gasteiger partial charge in [0.05, 0.1) is 6.04 Å². The molecule has 1 atom stereocenters. The molecule has 1 heterocycles. The maximum atomic E-state index is 5.94. The summed E-state index contributed by atoms with van der Waals surface area (Å²) in [6.45, 7) is 4.05. The summed E-state index contributed by atoms with van der Waals surface area (Å²) >= 11 is 10.9. The quantitative estimate of drug-likeness (QED) is 0.853. The predicted molar refractivity (Wildman–Crippen MR) is 88.0 cm³/mol. The van der Waals surface area contributed by atoms with Gasteiger partial charge in [-0.15, -0.1) is 0 Å². The standard InChI is InChI=1S/C14H19ClN4S/c1-10(11-4-6-12(15)7-5-11)19-9-3-8-18(2)14(19)17-13(16)20/h4-7,10H,3,8-9H2,1-2H3,(H2,16,20)/b17-14+. The third kappa shape index (κ3) is 3.41. The first kappa shape index (κ1) is 15.1. The number of nitrogens with two attached hydrogens (primary N) is 1. The van der Waals surface area contributed by atoms with Gasteiger partial charge in [0.2, 0.25) is 5.96 Å². The fourth-order valence-corrected chi connectivity index (χ4v) is 2.64. The number of nitrogens with zero attached hydrogens (tertiary/aromatic N) is 3. The van der Waals surface area contributed by atoms with Crippen LogP contribution in [-0.2, 0) is 0 Å². The van der Waals surface area contributed by atoms with Crippen molar-refractivity contribution in [1.29, 1.82) is 0 Å². The molecule has 0 saturated carbocycles. The Hall–Kier alpha value is -1.33. The maximum absolute atomic E-state index is 5.94. The molecule has 20 heavy (non-hydrogen) atoms. The van der Waals surface area contributed by atoms with Gasteiger partial charge < -0.3 is 15.5 Å². The van der Waals surface area contributed by atoms with Crippen LogP contribution in [0.2, 0.25) is 5.02 Å². The normalized spacial score (nSPS) is 19.2. The van der Waals surface area contributed by atoms with Gasteiger partial charge in [-0.25, -0.2) is 0 Å². The molecular weight excluding hydrogens is 292 g/mol. The predicted octanol–water partition coefficient (Wildman–Crippen LogP) is 2.64. The number of rotatable bonds is 2. The average Bonchev–Trinajstić information content (AvgIpc) is 2.41. The molecule has 1 aliphatic heterocycles. The molecule has 0 radical (unpaired) electrons. The SMILES string of the molecule is CC(c1ccc(Cl)cc1)N1CCCN(C)/C1=N\C(N)=S. The Balaban J connectivity index is 2.28. The monoisotopic (exact) mass is 310 g/mol. The second-order valence-electron chi connectivity index (χ2n) is 4.95. The van der Waals surface area contributed by atoms with Gasteiger partial charge in [-0.3, -0.25) is 0 Å². The summed E-state index contributed by atoms with van der Waals surface area (Å²) in [5.74, 6) is 0.839. The molecule has 0 bridgehead atoms. The van der Waals surface area contributed by atoms with Gasteiger partial charge in [0.15, 0.2) is 5.11 Å². The second kappa shape index (κ2) is 6.41. The zero-order valence-corrected chi connectivity index (χ0v) is 13.3. The van der Waals surface area contributed by atoms with Gasteiger partial charge in [-0.2, -0.15) is 4.99 Å². The molecule has 2 rings (SSSR count). The Bertz CT molecular complexity index is 514. The fourth-order valence-electron chi connectivity index (χ4n) is 2.43. The van der Waals surface area contributed by atoms with E-state index >= 15 is 0 Å². The molecule has 0 amide bonds. The van der Waals surface area contributed by atoms with Crippen LogP contribution in [0.3, 0.4) is 0 Å². The third-order valence-electron chi connectivity index (χ3n) is 3.52. The average molecular weight is 311 g/mol. The molecule has 6 heteroatoms. The van der Waals surface area contributed by atoms with Crippen LogP contribution in [0.15, 0.2) is 29.3 Å². The lowest BCUT2D eigenvalue weighted by molar-refractivity contribution is 0.239. The first-order chi connectivity index (χ1) is 9.49. The fraction of sp³-hybridized carbons (Fsp3) is 0.429. The summed E-state index contributed by atoms with van der Waals surface area (Å²) < 4.78 is 0. The number of benzene rings is 1. The van der Waals surface area contributed by atoms with E-state index in [0.717, 1.165) is 30.5 Å². The van der Waals surface area contributed by atoms with Crippen LogP contribution in [-0.4, -0.2) is 41.0 Å². The van der Waals surface area contributed by atoms with Crippen LogP contribution < -0.4 is 5.73 Å². The summed E-state index contributed by atoms with van der Waals surface area (Å²) in [7, 11) is 2.01. The van der Waals surface area contributed by atoms with Crippen LogP contribution in [0, 0.1) is 0 Å². The van der Waals surface area contributed by atoms with Crippen LogP contribution in [0.4, 0.5) is 0 Å². The molecule has 0 spiro atoms. The van der Waals surface area contributed by atoms with Crippen LogP contribution >= 0.6 is 23.8 Å². The van der Waals surface area contributed by atoms with E-state index in [4.69, 9.17) is 29.6 Å². The lowest BCUT2D eigenvalue weighted by atomic mass is 10.1. The van der Waals surface area contributed by atoms with Crippen LogP contribution in [0.25, 0.3) is 0 Å². The molecule has 4 nitrogen and oxygen atoms in total. The molecule has 1 unspecified atom stereocenters. The van der Waals surface area contributed by atoms with E-state index in [1.54, 1.807) is 0 Å². The third-order valence-corrected chi connectivity index (χ3v) is 3.86. The largest absolute Gasteiger partial charge is 0.374 e. The van der Waals surface area contributed by atoms with Crippen molar-refractivity contribution < 1.29 is 0 Å². The zero-order valence-electron chi connectivity index (χ0n) is 11.7. The molecule has 1 aliphatic rings. The number of hydrogen-bond acceptors (Lipinski definition) is 1. The van der Waals surface area contributed by atoms with Crippen molar-refractivity contribution in [3.63, 3.8) is 0 Å². The maximum Gasteiger partial charge on any atom is 0.204 e. The number of guanidine groups is 1. The highest BCUT2D eigenvalue weighted by molar-refractivity contribution is 7.80. The summed E-state index contributed by atoms with van der Waals surface area (Å²) in [5.41, 5.74) is 6.77. The van der Waals surface area contributed by atoms with Gasteiger partial charge in [0, 0.05) is 25.2 Å². The number of aliphatic imine (C=N–C) groups is 1. The van der Waals surface area contributed by atoms with Crippen molar-refractivity contribution in [1.82, 2.24) is 9.80 Å². The Kier molecular flexibility index (Phi) is 4.83. The minimum absolute atomic E-state index is 0.169. The first-order valence-electron chi connectivity index (χ1n) is 6.60. The molecule has 1 aromatic carbocycles. The number of halogens is 1. The van der Waals surface area contributed by atoms with Gasteiger partial charge in [0.25, 0.3) is 0 Å². The van der Waals surface area contributed by atoms with E-state index in [0.29, 0.717) is 0 Å². The van der Waals surface area contributed by atoms with Crippen molar-refractivity contribution in [3.05, 3.63) is 34.9 Å². The molecule has 2 N–H and O–H groups in total. The highest BCUT2D eigenvalue weighted by atomic mass is 35.5. The minimum atomic E-state index is 0.169. The lowest BCUT2D eigenvalue weighted by Gasteiger charge is -2.40. The van der Waals surface area contributed by atoms with Gasteiger partial charge in [-0.05, 0) is 43.3 Å². The van der Waals surface area contributed by atoms with Crippen LogP contribution in [0.1, 0.15) is 24.9 Å². The molecular formula is C14H19ClN4S. The van der Waals surface area contributed by atoms with Gasteiger partial charge in [-0.1, -0.05) is 23.7 Å². The van der Waals surface area contributed by atoms with Crippen molar-refractivity contribution in [2.45, 2.75) is 19.4 Å². The lowest BCUT2D eigenvalue weighted by Crippen LogP contribution is -2.49. The van der Waals surface area contributed by atoms with E-state index in [9.17, 15) is 0 Å². The van der Waals surface area contributed by atoms with Crippen molar-refractivity contribution in [2.75, 3.05) is 20.1 Å². The first-order valence-corrected chi connectivity index (χ1v) is 7.39. The van der Waals surface area contributed by atoms with E-state index in [2.05, 4.69) is 21.7 Å². The molecule has 0 aromatic heterocycles. The number of thiocarbonyl (C=S) groups is 1. The van der Waals surface area contributed by atoms with Gasteiger partial charge in [0.1, 0.15) is 0 Å². The second-order valence-corrected chi connectivity index (χ2v) is 5.80. The molecule has 108 valence electrons. The van der Waals surface area contributed by atoms with E-state index < -0.39 is 0 Å². The molecule has 0 aliphatic carbocycles. The highest BCUT2D eigenvalue weighted by Crippen LogP contribution is 2.25. The summed E-state index contributed by atoms with van der Waals surface area (Å²) in [4.78, 5) is 8.64. The molecule has 1 saturated heterocycles. The van der Waals surface area contributed by atoms with Crippen LogP contribution in [0.5, 0.6) is 0 Å². The van der Waals surface area contributed by atoms with Crippen molar-refractivity contribution >= 4 is 34.9 Å². The zero-order chi connectivity index (χ0) is 14.7. The molecule has 1 aromatic rings. The van der Waals surface area contributed by atoms with Crippen molar-refractivity contribution in [3.8, 4) is 0 Å². The van der Waals surface area contributed by atoms with E-state index in [-0.39, 0.29) is 11.2 Å². The molecule has 1 fully saturated rings. The van der Waals surface area contributed by atoms with Crippen molar-refractivity contribution in [2.24, 2.45) is 10.7 Å². The summed E-state index contributed by atoms with van der Waals surface area (Å²) in [5, 5.41) is 0.913. The Labute approximate surface area is 130 Å².